The maximum atomic E-state index is 14.2. The normalized spacial score (nSPS) is 29.5. The maximum absolute atomic E-state index is 14.2. The Morgan fingerprint density at radius 2 is 2.10 bits per heavy atom. The molecule has 4 atom stereocenters. The van der Waals surface area contributed by atoms with Gasteiger partial charge < -0.3 is 20.2 Å². The molecular weight excluding hydrogens is 373 g/mol. The second-order valence-electron chi connectivity index (χ2n) is 8.76. The van der Waals surface area contributed by atoms with Gasteiger partial charge in [-0.3, -0.25) is 9.59 Å². The van der Waals surface area contributed by atoms with E-state index in [0.717, 1.165) is 37.9 Å². The predicted octanol–water partition coefficient (Wildman–Crippen LogP) is 1.56. The zero-order valence-electron chi connectivity index (χ0n) is 16.9. The smallest absolute Gasteiger partial charge is 0.254 e. The fraction of sp³-hybridized carbons (Fsp3) is 0.636. The molecule has 3 aliphatic heterocycles. The van der Waals surface area contributed by atoms with Crippen LogP contribution in [0.2, 0.25) is 0 Å². The number of aliphatic hydroxyl groups is 1. The number of aryl methyl sites for hydroxylation is 1. The minimum atomic E-state index is -0.523. The van der Waals surface area contributed by atoms with Crippen LogP contribution in [0.3, 0.4) is 0 Å². The van der Waals surface area contributed by atoms with Gasteiger partial charge in [0.05, 0.1) is 18.2 Å². The molecule has 29 heavy (non-hydrogen) atoms. The summed E-state index contributed by atoms with van der Waals surface area (Å²) >= 11 is 0. The van der Waals surface area contributed by atoms with E-state index in [-0.39, 0.29) is 36.1 Å². The summed E-state index contributed by atoms with van der Waals surface area (Å²) in [7, 11) is 0. The second kappa shape index (κ2) is 8.40. The van der Waals surface area contributed by atoms with Crippen LogP contribution >= 0.6 is 0 Å². The number of halogens is 1. The minimum Gasteiger partial charge on any atom is -0.395 e. The largest absolute Gasteiger partial charge is 0.395 e. The Balaban J connectivity index is 1.51. The summed E-state index contributed by atoms with van der Waals surface area (Å²) in [4.78, 5) is 29.7. The standard InChI is InChI=1S/C22H30FN3O3/c1-14-5-6-17(18(23)9-14)22(29)24-11-20-16-10-15(12-25(13-16)7-8-27)19-3-2-4-21(28)26(19)20/h5-6,9,15-16,19-20,27H,2-4,7-8,10-13H2,1H3,(H,24,29)/t15-,16+,19+,20+/m1/s1. The van der Waals surface area contributed by atoms with Crippen molar-refractivity contribution in [3.63, 3.8) is 0 Å². The predicted molar refractivity (Wildman–Crippen MR) is 107 cm³/mol. The summed E-state index contributed by atoms with van der Waals surface area (Å²) in [5, 5.41) is 12.3. The van der Waals surface area contributed by atoms with Crippen molar-refractivity contribution in [2.24, 2.45) is 11.8 Å². The van der Waals surface area contributed by atoms with Crippen LogP contribution in [0.4, 0.5) is 4.39 Å². The van der Waals surface area contributed by atoms with Crippen LogP contribution in [0, 0.1) is 24.6 Å². The number of carbonyl (C=O) groups excluding carboxylic acids is 2. The number of β-amino-alcohol motifs (C(OH)–C–C–N with tert-alkyl or cyclic N) is 1. The van der Waals surface area contributed by atoms with E-state index in [1.807, 2.05) is 4.90 Å². The average Bonchev–Trinajstić information content (AvgIpc) is 2.68. The Kier molecular flexibility index (Phi) is 5.88. The number of nitrogens with one attached hydrogen (secondary N) is 1. The van der Waals surface area contributed by atoms with Crippen molar-refractivity contribution in [2.45, 2.75) is 44.7 Å². The van der Waals surface area contributed by atoms with Gasteiger partial charge in [0.1, 0.15) is 5.82 Å². The first kappa shape index (κ1) is 20.3. The van der Waals surface area contributed by atoms with E-state index in [1.54, 1.807) is 13.0 Å². The highest BCUT2D eigenvalue weighted by Crippen LogP contribution is 2.41. The maximum Gasteiger partial charge on any atom is 0.254 e. The highest BCUT2D eigenvalue weighted by atomic mass is 19.1. The van der Waals surface area contributed by atoms with Crippen molar-refractivity contribution in [1.29, 1.82) is 0 Å². The summed E-state index contributed by atoms with van der Waals surface area (Å²) < 4.78 is 14.2. The van der Waals surface area contributed by atoms with Crippen LogP contribution in [0.25, 0.3) is 0 Å². The molecule has 3 saturated heterocycles. The molecule has 2 bridgehead atoms. The van der Waals surface area contributed by atoms with Gasteiger partial charge in [-0.25, -0.2) is 4.39 Å². The number of amides is 2. The van der Waals surface area contributed by atoms with Gasteiger partial charge in [0.2, 0.25) is 5.91 Å². The molecule has 0 saturated carbocycles. The molecule has 1 aromatic rings. The molecule has 0 spiro atoms. The van der Waals surface area contributed by atoms with Gasteiger partial charge in [0.25, 0.3) is 5.91 Å². The van der Waals surface area contributed by atoms with E-state index in [9.17, 15) is 19.1 Å². The highest BCUT2D eigenvalue weighted by Gasteiger charge is 2.49. The molecular formula is C22H30FN3O3. The van der Waals surface area contributed by atoms with E-state index < -0.39 is 11.7 Å². The summed E-state index contributed by atoms with van der Waals surface area (Å²) in [5.74, 6) is -0.112. The molecule has 2 N–H and O–H groups in total. The van der Waals surface area contributed by atoms with E-state index in [2.05, 4.69) is 10.2 Å². The van der Waals surface area contributed by atoms with Gasteiger partial charge in [-0.2, -0.15) is 0 Å². The van der Waals surface area contributed by atoms with Gasteiger partial charge >= 0.3 is 0 Å². The molecule has 2 amide bonds. The van der Waals surface area contributed by atoms with Gasteiger partial charge in [-0.15, -0.1) is 0 Å². The third kappa shape index (κ3) is 4.03. The number of likely N-dealkylation sites (tertiary alicyclic amines) is 1. The van der Waals surface area contributed by atoms with Crippen LogP contribution < -0.4 is 5.32 Å². The number of benzene rings is 1. The molecule has 1 aromatic carbocycles. The number of rotatable bonds is 5. The van der Waals surface area contributed by atoms with Crippen LogP contribution in [-0.2, 0) is 4.79 Å². The van der Waals surface area contributed by atoms with Crippen molar-refractivity contribution in [2.75, 3.05) is 32.8 Å². The van der Waals surface area contributed by atoms with Crippen molar-refractivity contribution in [3.05, 3.63) is 35.1 Å². The van der Waals surface area contributed by atoms with Crippen molar-refractivity contribution >= 4 is 11.8 Å². The molecule has 6 nitrogen and oxygen atoms in total. The number of piperidine rings is 3. The summed E-state index contributed by atoms with van der Waals surface area (Å²) in [6, 6.07) is 4.71. The topological polar surface area (TPSA) is 72.9 Å². The first-order chi connectivity index (χ1) is 14.0. The monoisotopic (exact) mass is 403 g/mol. The third-order valence-electron chi connectivity index (χ3n) is 6.83. The quantitative estimate of drug-likeness (QED) is 0.783. The van der Waals surface area contributed by atoms with E-state index in [4.69, 9.17) is 0 Å². The summed E-state index contributed by atoms with van der Waals surface area (Å²) in [5.41, 5.74) is 0.807. The van der Waals surface area contributed by atoms with Gasteiger partial charge in [-0.05, 0) is 55.7 Å². The molecule has 3 heterocycles. The van der Waals surface area contributed by atoms with Gasteiger partial charge in [0, 0.05) is 38.6 Å². The van der Waals surface area contributed by atoms with E-state index in [1.165, 1.54) is 12.1 Å². The lowest BCUT2D eigenvalue weighted by molar-refractivity contribution is -0.152. The SMILES string of the molecule is Cc1ccc(C(=O)NC[C@H]2[C@H]3C[C@H](CN(CCO)C3)[C@@H]3CCCC(=O)N32)c(F)c1. The van der Waals surface area contributed by atoms with Gasteiger partial charge in [-0.1, -0.05) is 6.07 Å². The molecule has 4 rings (SSSR count). The molecule has 0 aliphatic carbocycles. The number of hydrogen-bond acceptors (Lipinski definition) is 4. The first-order valence-corrected chi connectivity index (χ1v) is 10.7. The fourth-order valence-corrected chi connectivity index (χ4v) is 5.56. The Hall–Kier alpha value is -1.99. The molecule has 0 radical (unpaired) electrons. The van der Waals surface area contributed by atoms with Crippen molar-refractivity contribution in [3.8, 4) is 0 Å². The van der Waals surface area contributed by atoms with E-state index in [0.29, 0.717) is 25.4 Å². The third-order valence-corrected chi connectivity index (χ3v) is 6.83. The van der Waals surface area contributed by atoms with Crippen LogP contribution in [-0.4, -0.2) is 71.6 Å². The average molecular weight is 403 g/mol. The fourth-order valence-electron chi connectivity index (χ4n) is 5.56. The summed E-state index contributed by atoms with van der Waals surface area (Å²) in [6.07, 6.45) is 3.51. The Bertz CT molecular complexity index is 785. The number of fused-ring (bicyclic) bond motifs is 4. The number of aliphatic hydroxyl groups excluding tert-OH is 1. The number of carbonyl (C=O) groups is 2. The van der Waals surface area contributed by atoms with Gasteiger partial charge in [0.15, 0.2) is 0 Å². The Morgan fingerprint density at radius 3 is 2.86 bits per heavy atom. The van der Waals surface area contributed by atoms with E-state index >= 15 is 0 Å². The van der Waals surface area contributed by atoms with Crippen molar-refractivity contribution < 1.29 is 19.1 Å². The Morgan fingerprint density at radius 1 is 1.31 bits per heavy atom. The molecule has 0 unspecified atom stereocenters. The molecule has 158 valence electrons. The number of nitrogens with zero attached hydrogens (tertiary/aromatic N) is 2. The van der Waals surface area contributed by atoms with Crippen molar-refractivity contribution in [1.82, 2.24) is 15.1 Å². The second-order valence-corrected chi connectivity index (χ2v) is 8.76. The molecule has 3 fully saturated rings. The first-order valence-electron chi connectivity index (χ1n) is 10.7. The van der Waals surface area contributed by atoms with Crippen LogP contribution in [0.1, 0.15) is 41.6 Å². The minimum absolute atomic E-state index is 0.0383. The lowest BCUT2D eigenvalue weighted by atomic mass is 9.72. The molecule has 0 aromatic heterocycles. The zero-order chi connectivity index (χ0) is 20.5. The van der Waals surface area contributed by atoms with Crippen LogP contribution in [0.5, 0.6) is 0 Å². The zero-order valence-corrected chi connectivity index (χ0v) is 16.9. The Labute approximate surface area is 171 Å². The van der Waals surface area contributed by atoms with Crippen LogP contribution in [0.15, 0.2) is 18.2 Å². The lowest BCUT2D eigenvalue weighted by Gasteiger charge is -2.56. The number of hydrogen-bond donors (Lipinski definition) is 2. The summed E-state index contributed by atoms with van der Waals surface area (Å²) in [6.45, 7) is 4.61. The molecule has 3 aliphatic rings. The lowest BCUT2D eigenvalue weighted by Crippen LogP contribution is -2.67. The highest BCUT2D eigenvalue weighted by molar-refractivity contribution is 5.94. The molecule has 7 heteroatoms.